The van der Waals surface area contributed by atoms with Gasteiger partial charge in [-0.2, -0.15) is 0 Å². The Morgan fingerprint density at radius 3 is 2.19 bits per heavy atom. The molecule has 3 aliphatic heterocycles. The minimum Gasteiger partial charge on any atom is -0.870 e. The number of ether oxygens (including phenoxy) is 5. The number of amides is 1. The molecule has 0 unspecified atom stereocenters. The number of piperidine rings is 3. The molecule has 0 spiro atoms. The molecule has 0 saturated carbocycles. The fourth-order valence-corrected chi connectivity index (χ4v) is 7.89. The predicted octanol–water partition coefficient (Wildman–Crippen LogP) is 8.28. The van der Waals surface area contributed by atoms with Gasteiger partial charge < -0.3 is 34.5 Å². The van der Waals surface area contributed by atoms with E-state index in [0.717, 1.165) is 49.2 Å². The number of halogens is 2. The number of H-pyrrole nitrogens is 1. The van der Waals surface area contributed by atoms with Crippen molar-refractivity contribution >= 4 is 35.3 Å². The number of benzene rings is 4. The highest BCUT2D eigenvalue weighted by Crippen LogP contribution is 2.36. The average Bonchev–Trinajstić information content (AvgIpc) is 3.23. The quantitative estimate of drug-likeness (QED) is 0.110. The summed E-state index contributed by atoms with van der Waals surface area (Å²) in [5.41, 5.74) is 4.31. The van der Waals surface area contributed by atoms with Crippen molar-refractivity contribution < 1.29 is 43.7 Å². The molecule has 8 rings (SSSR count). The number of carbonyl (C=O) groups excluding carboxylic acids is 2. The van der Waals surface area contributed by atoms with Crippen molar-refractivity contribution in [3.05, 3.63) is 153 Å². The normalized spacial score (nSPS) is 18.0. The van der Waals surface area contributed by atoms with Crippen molar-refractivity contribution in [2.75, 3.05) is 33.9 Å². The van der Waals surface area contributed by atoms with Gasteiger partial charge in [0.2, 0.25) is 0 Å². The highest BCUT2D eigenvalue weighted by Gasteiger charge is 2.37. The summed E-state index contributed by atoms with van der Waals surface area (Å²) < 4.78 is 29.2. The van der Waals surface area contributed by atoms with Gasteiger partial charge in [-0.15, -0.1) is 0 Å². The second kappa shape index (κ2) is 19.2. The van der Waals surface area contributed by atoms with Crippen LogP contribution in [0.4, 0.5) is 4.79 Å². The lowest BCUT2D eigenvalue weighted by Gasteiger charge is -2.43. The maximum atomic E-state index is 13.6. The van der Waals surface area contributed by atoms with E-state index >= 15 is 0 Å². The van der Waals surface area contributed by atoms with Crippen LogP contribution in [0.2, 0.25) is 10.0 Å². The zero-order valence-electron chi connectivity index (χ0n) is 31.7. The van der Waals surface area contributed by atoms with Gasteiger partial charge >= 0.3 is 12.1 Å². The van der Waals surface area contributed by atoms with Crippen molar-refractivity contribution in [3.63, 3.8) is 0 Å². The van der Waals surface area contributed by atoms with Crippen molar-refractivity contribution in [2.45, 2.75) is 44.1 Å². The Morgan fingerprint density at radius 2 is 1.53 bits per heavy atom. The molecule has 57 heavy (non-hydrogen) atoms. The van der Waals surface area contributed by atoms with Crippen molar-refractivity contribution in [3.8, 4) is 17.2 Å². The van der Waals surface area contributed by atoms with E-state index in [-0.39, 0.29) is 24.6 Å². The zero-order valence-corrected chi connectivity index (χ0v) is 33.2. The summed E-state index contributed by atoms with van der Waals surface area (Å²) in [5, 5.41) is 3.96. The van der Waals surface area contributed by atoms with Gasteiger partial charge in [0, 0.05) is 18.5 Å². The molecule has 13 heteroatoms. The molecular weight excluding hydrogens is 769 g/mol. The lowest BCUT2D eigenvalue weighted by Crippen LogP contribution is -2.52. The monoisotopic (exact) mass is 813 g/mol. The zero-order chi connectivity index (χ0) is 39.0. The first-order valence-corrected chi connectivity index (χ1v) is 19.4. The van der Waals surface area contributed by atoms with Gasteiger partial charge in [0.1, 0.15) is 34.6 Å². The molecule has 298 valence electrons. The number of alkyl carbamates (subject to hydrolysis) is 1. The van der Waals surface area contributed by atoms with Crippen molar-refractivity contribution in [1.29, 1.82) is 0 Å². The molecule has 3 fully saturated rings. The molecule has 3 saturated heterocycles. The van der Waals surface area contributed by atoms with Gasteiger partial charge in [-0.05, 0) is 90.5 Å². The molecule has 3 N–H and O–H groups in total. The van der Waals surface area contributed by atoms with E-state index in [1.165, 1.54) is 0 Å². The molecule has 4 heterocycles. The van der Waals surface area contributed by atoms with Crippen LogP contribution in [0.25, 0.3) is 0 Å². The maximum absolute atomic E-state index is 13.6. The summed E-state index contributed by atoms with van der Waals surface area (Å²) in [4.78, 5) is 32.1. The first-order chi connectivity index (χ1) is 27.3. The number of methoxy groups -OCH3 is 2. The van der Waals surface area contributed by atoms with E-state index in [0.29, 0.717) is 49.9 Å². The first-order valence-electron chi connectivity index (χ1n) is 18.6. The van der Waals surface area contributed by atoms with Crippen LogP contribution in [0.1, 0.15) is 63.2 Å². The number of fused-ring (bicyclic) bond motifs is 3. The SMILES string of the molecule is COc1ccc([C@H](Cc2c(Cl)c[nH+]cc2Cl)OC(=O)c2ccc(COc3cccc([C@@H](NC(=O)O[C@H]4CN5CCC4CC5)c4ccccc4)c3)cc2)cc1OC.[OH-]. The summed E-state index contributed by atoms with van der Waals surface area (Å²) in [6, 6.07) is 29.5. The molecule has 1 amide bonds. The number of hydrogen-bond acceptors (Lipinski definition) is 9. The second-order valence-electron chi connectivity index (χ2n) is 14.0. The summed E-state index contributed by atoms with van der Waals surface area (Å²) in [6.45, 7) is 3.19. The Balaban J connectivity index is 0.00000549. The van der Waals surface area contributed by atoms with Crippen molar-refractivity contribution in [1.82, 2.24) is 10.2 Å². The summed E-state index contributed by atoms with van der Waals surface area (Å²) in [6.07, 6.45) is 4.33. The van der Waals surface area contributed by atoms with E-state index in [4.69, 9.17) is 46.9 Å². The van der Waals surface area contributed by atoms with Crippen LogP contribution in [0, 0.1) is 5.92 Å². The standard InChI is InChI=1S/C44H43Cl2N3O7.H2O/c1-52-38-16-15-32(22-40(38)53-2)39(23-35-36(45)24-47-25-37(35)46)55-43(50)31-13-11-28(12-14-31)27-54-34-10-6-9-33(21-34)42(30-7-4-3-5-8-30)48-44(51)56-41-26-49-19-17-29(41)18-20-49;/h3-16,21-22,24-25,29,39,41-42H,17-20,23,26-27H2,1-2H3,(H,48,51);1H2/t39-,41-,42-;/m0./s1. The molecule has 1 aromatic heterocycles. The molecule has 5 aromatic rings. The number of aromatic nitrogens is 1. The fraction of sp³-hybridized carbons (Fsp3) is 0.295. The van der Waals surface area contributed by atoms with E-state index in [9.17, 15) is 9.59 Å². The minimum atomic E-state index is -0.744. The number of nitrogens with one attached hydrogen (secondary N) is 2. The van der Waals surface area contributed by atoms with Crippen LogP contribution >= 0.6 is 23.2 Å². The van der Waals surface area contributed by atoms with E-state index in [1.54, 1.807) is 50.9 Å². The summed E-state index contributed by atoms with van der Waals surface area (Å²) in [5.74, 6) is 1.56. The summed E-state index contributed by atoms with van der Waals surface area (Å²) in [7, 11) is 3.10. The predicted molar refractivity (Wildman–Crippen MR) is 214 cm³/mol. The van der Waals surface area contributed by atoms with Gasteiger partial charge in [-0.3, -0.25) is 4.90 Å². The molecule has 3 aliphatic rings. The first kappa shape index (κ1) is 41.3. The largest absolute Gasteiger partial charge is 0.870 e. The van der Waals surface area contributed by atoms with Crippen LogP contribution in [0.5, 0.6) is 17.2 Å². The molecule has 0 aliphatic carbocycles. The molecule has 2 bridgehead atoms. The third kappa shape index (κ3) is 10.2. The number of nitrogens with zero attached hydrogens (tertiary/aromatic N) is 1. The Labute approximate surface area is 342 Å². The molecule has 4 aromatic carbocycles. The van der Waals surface area contributed by atoms with Crippen molar-refractivity contribution in [2.24, 2.45) is 5.92 Å². The highest BCUT2D eigenvalue weighted by atomic mass is 35.5. The fourth-order valence-electron chi connectivity index (χ4n) is 7.36. The van der Waals surface area contributed by atoms with Gasteiger partial charge in [-0.1, -0.05) is 83.9 Å². The number of hydrogen-bond donors (Lipinski definition) is 1. The Hall–Kier alpha value is -5.33. The topological polar surface area (TPSA) is 140 Å². The number of aromatic amines is 1. The molecule has 0 radical (unpaired) electrons. The Bertz CT molecular complexity index is 2110. The third-order valence-corrected chi connectivity index (χ3v) is 11.1. The van der Waals surface area contributed by atoms with Crippen LogP contribution < -0.4 is 24.5 Å². The number of pyridine rings is 1. The van der Waals surface area contributed by atoms with Gasteiger partial charge in [0.05, 0.1) is 25.8 Å². The lowest BCUT2D eigenvalue weighted by atomic mass is 9.86. The maximum Gasteiger partial charge on any atom is 0.408 e. The summed E-state index contributed by atoms with van der Waals surface area (Å²) >= 11 is 13.0. The number of rotatable bonds is 14. The number of carbonyl (C=O) groups is 2. The third-order valence-electron chi connectivity index (χ3n) is 10.5. The number of esters is 1. The minimum absolute atomic E-state index is 0. The van der Waals surface area contributed by atoms with E-state index in [1.807, 2.05) is 72.8 Å². The smallest absolute Gasteiger partial charge is 0.408 e. The molecular formula is C44H45Cl2N3O8. The van der Waals surface area contributed by atoms with Crippen LogP contribution in [-0.2, 0) is 22.5 Å². The van der Waals surface area contributed by atoms with E-state index < -0.39 is 24.2 Å². The lowest BCUT2D eigenvalue weighted by molar-refractivity contribution is -0.377. The Kier molecular flexibility index (Phi) is 13.9. The van der Waals surface area contributed by atoms with Crippen LogP contribution in [0.3, 0.4) is 0 Å². The van der Waals surface area contributed by atoms with Gasteiger partial charge in [0.25, 0.3) is 0 Å². The molecule has 11 nitrogen and oxygen atoms in total. The highest BCUT2D eigenvalue weighted by molar-refractivity contribution is 6.35. The molecule has 3 atom stereocenters. The van der Waals surface area contributed by atoms with Crippen LogP contribution in [0.15, 0.2) is 109 Å². The Morgan fingerprint density at radius 1 is 0.825 bits per heavy atom. The van der Waals surface area contributed by atoms with Gasteiger partial charge in [0.15, 0.2) is 23.9 Å². The van der Waals surface area contributed by atoms with Crippen LogP contribution in [-0.4, -0.2) is 62.4 Å². The van der Waals surface area contributed by atoms with E-state index in [2.05, 4.69) is 15.2 Å². The second-order valence-corrected chi connectivity index (χ2v) is 14.8. The van der Waals surface area contributed by atoms with Gasteiger partial charge in [-0.25, -0.2) is 14.6 Å². The average molecular weight is 815 g/mol.